The van der Waals surface area contributed by atoms with Gasteiger partial charge < -0.3 is 19.7 Å². The summed E-state index contributed by atoms with van der Waals surface area (Å²) in [4.78, 5) is 2.48. The molecule has 0 aromatic heterocycles. The summed E-state index contributed by atoms with van der Waals surface area (Å²) in [6.07, 6.45) is 2.39. The molecule has 1 aromatic rings. The lowest BCUT2D eigenvalue weighted by atomic mass is 9.95. The highest BCUT2D eigenvalue weighted by molar-refractivity contribution is 5.61. The van der Waals surface area contributed by atoms with Gasteiger partial charge in [0.2, 0.25) is 0 Å². The lowest BCUT2D eigenvalue weighted by molar-refractivity contribution is 0.139. The number of anilines is 1. The Morgan fingerprint density at radius 2 is 2.00 bits per heavy atom. The van der Waals surface area contributed by atoms with Crippen LogP contribution in [0.4, 0.5) is 5.69 Å². The van der Waals surface area contributed by atoms with Crippen molar-refractivity contribution in [1.82, 2.24) is 5.32 Å². The highest BCUT2D eigenvalue weighted by Gasteiger charge is 2.24. The Balaban J connectivity index is 2.20. The summed E-state index contributed by atoms with van der Waals surface area (Å²) < 4.78 is 10.9. The van der Waals surface area contributed by atoms with Crippen LogP contribution in [0.15, 0.2) is 18.2 Å². The van der Waals surface area contributed by atoms with Crippen molar-refractivity contribution in [2.45, 2.75) is 25.8 Å². The fraction of sp³-hybridized carbons (Fsp3) is 0.647. The van der Waals surface area contributed by atoms with Gasteiger partial charge in [0.05, 0.1) is 7.11 Å². The summed E-state index contributed by atoms with van der Waals surface area (Å²) in [7, 11) is 5.53. The van der Waals surface area contributed by atoms with Gasteiger partial charge in [-0.3, -0.25) is 0 Å². The molecule has 4 nitrogen and oxygen atoms in total. The SMILES string of the molecule is CNC(C)c1c(OC)cccc1N1CCC(COC)CC1. The molecular weight excluding hydrogens is 264 g/mol. The first-order valence-electron chi connectivity index (χ1n) is 7.79. The molecule has 0 radical (unpaired) electrons. The fourth-order valence-electron chi connectivity index (χ4n) is 3.14. The number of rotatable bonds is 6. The normalized spacial score (nSPS) is 17.8. The molecule has 1 heterocycles. The minimum Gasteiger partial charge on any atom is -0.496 e. The van der Waals surface area contributed by atoms with Gasteiger partial charge in [0.1, 0.15) is 5.75 Å². The smallest absolute Gasteiger partial charge is 0.125 e. The van der Waals surface area contributed by atoms with Crippen LogP contribution in [0.1, 0.15) is 31.4 Å². The number of ether oxygens (including phenoxy) is 2. The van der Waals surface area contributed by atoms with Crippen molar-refractivity contribution in [3.63, 3.8) is 0 Å². The van der Waals surface area contributed by atoms with Gasteiger partial charge in [-0.05, 0) is 44.9 Å². The van der Waals surface area contributed by atoms with E-state index in [-0.39, 0.29) is 6.04 Å². The van der Waals surface area contributed by atoms with Crippen molar-refractivity contribution in [3.8, 4) is 5.75 Å². The molecule has 4 heteroatoms. The molecule has 1 saturated heterocycles. The van der Waals surface area contributed by atoms with E-state index < -0.39 is 0 Å². The number of piperidine rings is 1. The zero-order valence-corrected chi connectivity index (χ0v) is 13.7. The number of nitrogens with zero attached hydrogens (tertiary/aromatic N) is 1. The molecule has 0 saturated carbocycles. The molecule has 1 N–H and O–H groups in total. The van der Waals surface area contributed by atoms with Gasteiger partial charge in [-0.1, -0.05) is 6.07 Å². The molecule has 1 atom stereocenters. The van der Waals surface area contributed by atoms with Crippen molar-refractivity contribution in [2.75, 3.05) is 45.9 Å². The third kappa shape index (κ3) is 3.69. The third-order valence-electron chi connectivity index (χ3n) is 4.49. The number of hydrogen-bond donors (Lipinski definition) is 1. The number of methoxy groups -OCH3 is 2. The Kier molecular flexibility index (Phi) is 5.88. The Morgan fingerprint density at radius 1 is 1.29 bits per heavy atom. The second-order valence-corrected chi connectivity index (χ2v) is 5.79. The van der Waals surface area contributed by atoms with Crippen LogP contribution in [-0.2, 0) is 4.74 Å². The minimum absolute atomic E-state index is 0.271. The Morgan fingerprint density at radius 3 is 2.57 bits per heavy atom. The van der Waals surface area contributed by atoms with Gasteiger partial charge in [-0.15, -0.1) is 0 Å². The Labute approximate surface area is 128 Å². The van der Waals surface area contributed by atoms with Gasteiger partial charge in [-0.25, -0.2) is 0 Å². The standard InChI is InChI=1S/C17H28N2O2/c1-13(18-2)17-15(6-5-7-16(17)21-4)19-10-8-14(9-11-19)12-20-3/h5-7,13-14,18H,8-12H2,1-4H3. The van der Waals surface area contributed by atoms with Crippen LogP contribution < -0.4 is 15.0 Å². The molecule has 0 bridgehead atoms. The van der Waals surface area contributed by atoms with E-state index in [4.69, 9.17) is 9.47 Å². The van der Waals surface area contributed by atoms with Crippen LogP contribution in [0.25, 0.3) is 0 Å². The average Bonchev–Trinajstić information content (AvgIpc) is 2.54. The lowest BCUT2D eigenvalue weighted by Gasteiger charge is -2.35. The molecule has 118 valence electrons. The third-order valence-corrected chi connectivity index (χ3v) is 4.49. The summed E-state index contributed by atoms with van der Waals surface area (Å²) >= 11 is 0. The van der Waals surface area contributed by atoms with Crippen LogP contribution in [0.5, 0.6) is 5.75 Å². The van der Waals surface area contributed by atoms with E-state index in [1.807, 2.05) is 13.1 Å². The maximum absolute atomic E-state index is 5.57. The summed E-state index contributed by atoms with van der Waals surface area (Å²) in [5, 5.41) is 3.34. The van der Waals surface area contributed by atoms with Crippen molar-refractivity contribution in [2.24, 2.45) is 5.92 Å². The predicted molar refractivity (Wildman–Crippen MR) is 87.3 cm³/mol. The van der Waals surface area contributed by atoms with Crippen LogP contribution in [0.2, 0.25) is 0 Å². The molecule has 0 aliphatic carbocycles. The highest BCUT2D eigenvalue weighted by atomic mass is 16.5. The van der Waals surface area contributed by atoms with E-state index in [1.165, 1.54) is 24.1 Å². The molecular formula is C17H28N2O2. The van der Waals surface area contributed by atoms with Crippen LogP contribution >= 0.6 is 0 Å². The zero-order chi connectivity index (χ0) is 15.2. The van der Waals surface area contributed by atoms with Gasteiger partial charge in [-0.2, -0.15) is 0 Å². The summed E-state index contributed by atoms with van der Waals surface area (Å²) in [5.41, 5.74) is 2.56. The van der Waals surface area contributed by atoms with Crippen LogP contribution in [-0.4, -0.2) is 41.0 Å². The highest BCUT2D eigenvalue weighted by Crippen LogP contribution is 2.36. The minimum atomic E-state index is 0.271. The molecule has 2 rings (SSSR count). The molecule has 1 aromatic carbocycles. The van der Waals surface area contributed by atoms with Crippen molar-refractivity contribution < 1.29 is 9.47 Å². The van der Waals surface area contributed by atoms with E-state index >= 15 is 0 Å². The first-order valence-corrected chi connectivity index (χ1v) is 7.79. The van der Waals surface area contributed by atoms with Gasteiger partial charge in [0.15, 0.2) is 0 Å². The van der Waals surface area contributed by atoms with E-state index in [1.54, 1.807) is 14.2 Å². The van der Waals surface area contributed by atoms with E-state index in [0.29, 0.717) is 5.92 Å². The number of hydrogen-bond acceptors (Lipinski definition) is 4. The molecule has 21 heavy (non-hydrogen) atoms. The summed E-state index contributed by atoms with van der Waals surface area (Å²) in [6, 6.07) is 6.61. The van der Waals surface area contributed by atoms with Gasteiger partial charge in [0, 0.05) is 44.1 Å². The van der Waals surface area contributed by atoms with Crippen molar-refractivity contribution in [1.29, 1.82) is 0 Å². The molecule has 1 unspecified atom stereocenters. The van der Waals surface area contributed by atoms with Gasteiger partial charge in [0.25, 0.3) is 0 Å². The van der Waals surface area contributed by atoms with Crippen molar-refractivity contribution in [3.05, 3.63) is 23.8 Å². The molecule has 1 aliphatic heterocycles. The van der Waals surface area contributed by atoms with E-state index in [0.717, 1.165) is 25.4 Å². The lowest BCUT2D eigenvalue weighted by Crippen LogP contribution is -2.36. The van der Waals surface area contributed by atoms with Crippen LogP contribution in [0.3, 0.4) is 0 Å². The zero-order valence-electron chi connectivity index (χ0n) is 13.7. The Bertz CT molecular complexity index is 442. The first-order chi connectivity index (χ1) is 10.2. The average molecular weight is 292 g/mol. The second-order valence-electron chi connectivity index (χ2n) is 5.79. The second kappa shape index (κ2) is 7.66. The molecule has 0 spiro atoms. The first kappa shape index (κ1) is 16.1. The van der Waals surface area contributed by atoms with E-state index in [2.05, 4.69) is 29.3 Å². The molecule has 0 amide bonds. The number of benzene rings is 1. The van der Waals surface area contributed by atoms with Crippen molar-refractivity contribution >= 4 is 5.69 Å². The van der Waals surface area contributed by atoms with Crippen LogP contribution in [0, 0.1) is 5.92 Å². The maximum atomic E-state index is 5.57. The van der Waals surface area contributed by atoms with Gasteiger partial charge >= 0.3 is 0 Å². The number of nitrogens with one attached hydrogen (secondary N) is 1. The maximum Gasteiger partial charge on any atom is 0.125 e. The topological polar surface area (TPSA) is 33.7 Å². The monoisotopic (exact) mass is 292 g/mol. The predicted octanol–water partition coefficient (Wildman–Crippen LogP) is 2.84. The van der Waals surface area contributed by atoms with E-state index in [9.17, 15) is 0 Å². The Hall–Kier alpha value is -1.26. The quantitative estimate of drug-likeness (QED) is 0.874. The summed E-state index contributed by atoms with van der Waals surface area (Å²) in [5.74, 6) is 1.66. The largest absolute Gasteiger partial charge is 0.496 e. The molecule has 1 fully saturated rings. The fourth-order valence-corrected chi connectivity index (χ4v) is 3.14. The molecule has 1 aliphatic rings. The summed E-state index contributed by atoms with van der Waals surface area (Å²) in [6.45, 7) is 5.24.